The van der Waals surface area contributed by atoms with E-state index in [1.165, 1.54) is 74.1 Å². The molecule has 4 nitrogen and oxygen atoms in total. The summed E-state index contributed by atoms with van der Waals surface area (Å²) >= 11 is 0. The minimum Gasteiger partial charge on any atom is -0.387 e. The Balaban J connectivity index is 1.02. The fourth-order valence-electron chi connectivity index (χ4n) is 7.63. The SMILES string of the molecule is O[C@@H]1C[N+]2(Cc3ccc(CCc4ccc(C[N+]56CCC(CC5)[C@@H](O)C6)cc4)cc3)CCC1CC2. The Hall–Kier alpha value is -1.72. The first kappa shape index (κ1) is 22.7. The van der Waals surface area contributed by atoms with E-state index in [0.717, 1.165) is 48.0 Å². The van der Waals surface area contributed by atoms with Crippen molar-refractivity contribution in [3.63, 3.8) is 0 Å². The lowest BCUT2D eigenvalue weighted by Crippen LogP contribution is -2.63. The van der Waals surface area contributed by atoms with Crippen LogP contribution in [0.1, 0.15) is 47.9 Å². The van der Waals surface area contributed by atoms with Crippen LogP contribution in [-0.2, 0) is 25.9 Å². The second-order valence-electron chi connectivity index (χ2n) is 12.2. The maximum Gasteiger partial charge on any atom is 0.106 e. The van der Waals surface area contributed by atoms with Crippen LogP contribution >= 0.6 is 0 Å². The van der Waals surface area contributed by atoms with Crippen molar-refractivity contribution in [3.8, 4) is 0 Å². The number of quaternary nitrogens is 2. The maximum absolute atomic E-state index is 10.4. The van der Waals surface area contributed by atoms with E-state index in [0.29, 0.717) is 11.8 Å². The minimum absolute atomic E-state index is 0.0870. The maximum atomic E-state index is 10.4. The summed E-state index contributed by atoms with van der Waals surface area (Å²) in [6.07, 6.45) is 6.76. The van der Waals surface area contributed by atoms with Gasteiger partial charge in [0.05, 0.1) is 26.2 Å². The number of fused-ring (bicyclic) bond motifs is 6. The molecule has 2 atom stereocenters. The Labute approximate surface area is 205 Å². The molecule has 6 heterocycles. The van der Waals surface area contributed by atoms with Crippen molar-refractivity contribution in [2.45, 2.75) is 63.8 Å². The van der Waals surface area contributed by atoms with Gasteiger partial charge in [-0.05, 0) is 24.0 Å². The third-order valence-corrected chi connectivity index (χ3v) is 9.92. The van der Waals surface area contributed by atoms with Crippen molar-refractivity contribution in [1.29, 1.82) is 0 Å². The molecule has 6 fully saturated rings. The van der Waals surface area contributed by atoms with Gasteiger partial charge in [0, 0.05) is 48.6 Å². The summed E-state index contributed by atoms with van der Waals surface area (Å²) in [5.74, 6) is 1.12. The highest BCUT2D eigenvalue weighted by Crippen LogP contribution is 2.36. The summed E-state index contributed by atoms with van der Waals surface area (Å²) in [6.45, 7) is 8.99. The second kappa shape index (κ2) is 9.05. The predicted octanol–water partition coefficient (Wildman–Crippen LogP) is 3.67. The summed E-state index contributed by atoms with van der Waals surface area (Å²) in [6, 6.07) is 18.6. The lowest BCUT2D eigenvalue weighted by Gasteiger charge is -2.51. The minimum atomic E-state index is -0.0870. The van der Waals surface area contributed by atoms with Gasteiger partial charge in [-0.25, -0.2) is 0 Å². The topological polar surface area (TPSA) is 40.5 Å². The molecule has 0 saturated carbocycles. The van der Waals surface area contributed by atoms with E-state index < -0.39 is 0 Å². The molecule has 0 radical (unpaired) electrons. The quantitative estimate of drug-likeness (QED) is 0.617. The van der Waals surface area contributed by atoms with Crippen LogP contribution in [0.3, 0.4) is 0 Å². The monoisotopic (exact) mass is 462 g/mol. The molecule has 6 aliphatic rings. The van der Waals surface area contributed by atoms with E-state index in [1.54, 1.807) is 0 Å². The zero-order chi connectivity index (χ0) is 23.2. The van der Waals surface area contributed by atoms with Crippen LogP contribution in [-0.4, -0.2) is 70.7 Å². The van der Waals surface area contributed by atoms with Crippen molar-refractivity contribution < 1.29 is 19.2 Å². The lowest BCUT2D eigenvalue weighted by molar-refractivity contribution is -0.958. The van der Waals surface area contributed by atoms with Gasteiger partial charge < -0.3 is 19.2 Å². The molecule has 182 valence electrons. The van der Waals surface area contributed by atoms with E-state index in [1.807, 2.05) is 0 Å². The van der Waals surface area contributed by atoms with E-state index in [4.69, 9.17) is 0 Å². The van der Waals surface area contributed by atoms with Gasteiger partial charge in [-0.2, -0.15) is 0 Å². The highest BCUT2D eigenvalue weighted by atomic mass is 16.3. The van der Waals surface area contributed by atoms with Gasteiger partial charge in [-0.1, -0.05) is 48.5 Å². The fraction of sp³-hybridized carbons (Fsp3) is 0.600. The first-order valence-corrected chi connectivity index (χ1v) is 13.7. The Morgan fingerprint density at radius 3 is 1.18 bits per heavy atom. The van der Waals surface area contributed by atoms with Crippen LogP contribution in [0, 0.1) is 11.8 Å². The molecule has 0 spiro atoms. The largest absolute Gasteiger partial charge is 0.387 e. The van der Waals surface area contributed by atoms with Crippen LogP contribution in [0.5, 0.6) is 0 Å². The van der Waals surface area contributed by atoms with Crippen molar-refractivity contribution in [2.75, 3.05) is 39.3 Å². The number of benzene rings is 2. The van der Waals surface area contributed by atoms with Gasteiger partial charge in [0.1, 0.15) is 38.4 Å². The number of hydrogen-bond donors (Lipinski definition) is 2. The molecule has 6 aliphatic heterocycles. The lowest BCUT2D eigenvalue weighted by atomic mass is 9.83. The van der Waals surface area contributed by atoms with Crippen molar-refractivity contribution in [2.24, 2.45) is 11.8 Å². The first-order chi connectivity index (χ1) is 16.5. The zero-order valence-electron chi connectivity index (χ0n) is 20.6. The number of aliphatic hydroxyl groups is 2. The van der Waals surface area contributed by atoms with Crippen LogP contribution in [0.25, 0.3) is 0 Å². The van der Waals surface area contributed by atoms with E-state index in [2.05, 4.69) is 48.5 Å². The standard InChI is InChI=1S/C30H42N2O2/c33-29-21-31(15-11-27(29)12-16-31)19-25-7-3-23(4-8-25)1-2-24-5-9-26(10-6-24)20-32-17-13-28(14-18-32)30(34)22-32/h3-10,27-30,33-34H,1-2,11-22H2/q+2/t27?,28?,29-,30+,31?,32?. The van der Waals surface area contributed by atoms with Crippen molar-refractivity contribution in [3.05, 3.63) is 70.8 Å². The molecule has 2 N–H and O–H groups in total. The fourth-order valence-corrected chi connectivity index (χ4v) is 7.63. The smallest absolute Gasteiger partial charge is 0.106 e. The van der Waals surface area contributed by atoms with Crippen LogP contribution in [0.4, 0.5) is 0 Å². The highest BCUT2D eigenvalue weighted by molar-refractivity contribution is 5.26. The predicted molar refractivity (Wildman–Crippen MR) is 135 cm³/mol. The molecule has 0 amide bonds. The van der Waals surface area contributed by atoms with Gasteiger partial charge in [-0.3, -0.25) is 0 Å². The Morgan fingerprint density at radius 1 is 0.529 bits per heavy atom. The summed E-state index contributed by atoms with van der Waals surface area (Å²) in [4.78, 5) is 0. The zero-order valence-corrected chi connectivity index (χ0v) is 20.6. The molecular weight excluding hydrogens is 420 g/mol. The molecule has 4 bridgehead atoms. The third-order valence-electron chi connectivity index (χ3n) is 9.92. The number of rotatable bonds is 7. The number of piperidine rings is 6. The van der Waals surface area contributed by atoms with Crippen molar-refractivity contribution >= 4 is 0 Å². The third kappa shape index (κ3) is 4.58. The summed E-state index contributed by atoms with van der Waals surface area (Å²) in [5, 5.41) is 20.8. The van der Waals surface area contributed by atoms with Crippen LogP contribution in [0.15, 0.2) is 48.5 Å². The number of hydrogen-bond acceptors (Lipinski definition) is 2. The molecule has 2 aromatic carbocycles. The molecule has 0 unspecified atom stereocenters. The Morgan fingerprint density at radius 2 is 0.853 bits per heavy atom. The number of aryl methyl sites for hydroxylation is 2. The van der Waals surface area contributed by atoms with Crippen LogP contribution in [0.2, 0.25) is 0 Å². The summed E-state index contributed by atoms with van der Waals surface area (Å²) in [7, 11) is 0. The van der Waals surface area contributed by atoms with Gasteiger partial charge >= 0.3 is 0 Å². The molecule has 6 saturated heterocycles. The molecule has 0 aliphatic carbocycles. The average Bonchev–Trinajstić information content (AvgIpc) is 2.85. The molecule has 34 heavy (non-hydrogen) atoms. The summed E-state index contributed by atoms with van der Waals surface area (Å²) in [5.41, 5.74) is 5.66. The Kier molecular flexibility index (Phi) is 6.05. The number of nitrogens with zero attached hydrogens (tertiary/aromatic N) is 2. The molecule has 4 heteroatoms. The van der Waals surface area contributed by atoms with Gasteiger partial charge in [0.25, 0.3) is 0 Å². The second-order valence-corrected chi connectivity index (χ2v) is 12.2. The molecule has 0 aromatic heterocycles. The molecule has 8 rings (SSSR count). The average molecular weight is 463 g/mol. The molecule has 2 aromatic rings. The molecular formula is C30H42N2O2+2. The first-order valence-electron chi connectivity index (χ1n) is 13.7. The van der Waals surface area contributed by atoms with Gasteiger partial charge in [-0.15, -0.1) is 0 Å². The van der Waals surface area contributed by atoms with E-state index in [-0.39, 0.29) is 12.2 Å². The van der Waals surface area contributed by atoms with Crippen molar-refractivity contribution in [1.82, 2.24) is 0 Å². The van der Waals surface area contributed by atoms with Crippen LogP contribution < -0.4 is 0 Å². The Bertz CT molecular complexity index is 888. The summed E-state index contributed by atoms with van der Waals surface area (Å²) < 4.78 is 2.17. The van der Waals surface area contributed by atoms with Gasteiger partial charge in [0.15, 0.2) is 0 Å². The number of aliphatic hydroxyl groups excluding tert-OH is 2. The normalized spacial score (nSPS) is 36.6. The van der Waals surface area contributed by atoms with E-state index >= 15 is 0 Å². The highest BCUT2D eigenvalue weighted by Gasteiger charge is 2.46. The van der Waals surface area contributed by atoms with Gasteiger partial charge in [0.2, 0.25) is 0 Å². The van der Waals surface area contributed by atoms with E-state index in [9.17, 15) is 10.2 Å².